The maximum absolute atomic E-state index is 12.9. The lowest BCUT2D eigenvalue weighted by atomic mass is 9.96. The van der Waals surface area contributed by atoms with Gasteiger partial charge in [-0.25, -0.2) is 4.98 Å². The third-order valence-corrected chi connectivity index (χ3v) is 5.98. The second-order valence-electron chi connectivity index (χ2n) is 8.92. The molecule has 38 heavy (non-hydrogen) atoms. The van der Waals surface area contributed by atoms with E-state index in [-0.39, 0.29) is 23.9 Å². The first kappa shape index (κ1) is 29.0. The van der Waals surface area contributed by atoms with Gasteiger partial charge >= 0.3 is 6.36 Å². The fraction of sp³-hybridized carbons (Fsp3) is 0.379. The van der Waals surface area contributed by atoms with E-state index < -0.39 is 6.36 Å². The van der Waals surface area contributed by atoms with Gasteiger partial charge in [-0.15, -0.1) is 13.2 Å². The van der Waals surface area contributed by atoms with Gasteiger partial charge in [0.15, 0.2) is 0 Å². The molecular formula is C29H34F3N3O3. The average Bonchev–Trinajstić information content (AvgIpc) is 2.88. The Morgan fingerprint density at radius 1 is 1.05 bits per heavy atom. The van der Waals surface area contributed by atoms with Gasteiger partial charge < -0.3 is 19.7 Å². The van der Waals surface area contributed by atoms with Crippen LogP contribution in [0.3, 0.4) is 0 Å². The molecule has 0 saturated carbocycles. The van der Waals surface area contributed by atoms with Gasteiger partial charge in [-0.05, 0) is 67.3 Å². The smallest absolute Gasteiger partial charge is 0.406 e. The molecule has 2 atom stereocenters. The predicted octanol–water partition coefficient (Wildman–Crippen LogP) is 6.53. The van der Waals surface area contributed by atoms with Crippen LogP contribution in [-0.4, -0.2) is 42.6 Å². The number of morpholine rings is 1. The van der Waals surface area contributed by atoms with Crippen molar-refractivity contribution in [3.63, 3.8) is 0 Å². The van der Waals surface area contributed by atoms with Crippen LogP contribution in [0.4, 0.5) is 19.0 Å². The molecule has 1 amide bonds. The lowest BCUT2D eigenvalue weighted by Crippen LogP contribution is -2.45. The molecule has 0 bridgehead atoms. The van der Waals surface area contributed by atoms with Crippen LogP contribution in [0.5, 0.6) is 5.75 Å². The summed E-state index contributed by atoms with van der Waals surface area (Å²) in [5.41, 5.74) is 3.52. The zero-order chi connectivity index (χ0) is 27.9. The summed E-state index contributed by atoms with van der Waals surface area (Å²) in [5.74, 6) is 0.337. The third-order valence-electron chi connectivity index (χ3n) is 5.98. The number of hydrogen-bond acceptors (Lipinski definition) is 5. The number of halogens is 3. The number of ether oxygens (including phenoxy) is 2. The topological polar surface area (TPSA) is 63.7 Å². The molecule has 1 aliphatic rings. The van der Waals surface area contributed by atoms with Crippen LogP contribution in [0.1, 0.15) is 49.2 Å². The number of alkyl halides is 3. The number of anilines is 1. The van der Waals surface area contributed by atoms with Gasteiger partial charge in [0.1, 0.15) is 11.6 Å². The number of nitrogens with one attached hydrogen (secondary N) is 1. The Kier molecular flexibility index (Phi) is 9.74. The molecule has 0 aliphatic carbocycles. The second kappa shape index (κ2) is 12.8. The van der Waals surface area contributed by atoms with Crippen molar-refractivity contribution in [1.29, 1.82) is 0 Å². The monoisotopic (exact) mass is 529 g/mol. The molecule has 1 N–H and O–H groups in total. The van der Waals surface area contributed by atoms with Gasteiger partial charge in [-0.1, -0.05) is 44.2 Å². The Morgan fingerprint density at radius 2 is 1.71 bits per heavy atom. The van der Waals surface area contributed by atoms with Crippen molar-refractivity contribution in [2.45, 2.75) is 59.7 Å². The molecule has 204 valence electrons. The van der Waals surface area contributed by atoms with E-state index in [9.17, 15) is 18.0 Å². The highest BCUT2D eigenvalue weighted by atomic mass is 19.4. The molecule has 2 heterocycles. The Labute approximate surface area is 221 Å². The number of carbonyl (C=O) groups is 1. The van der Waals surface area contributed by atoms with E-state index >= 15 is 0 Å². The molecule has 1 aromatic heterocycles. The van der Waals surface area contributed by atoms with Crippen molar-refractivity contribution in [3.05, 3.63) is 77.5 Å². The van der Waals surface area contributed by atoms with Crippen molar-refractivity contribution in [3.8, 4) is 16.9 Å². The van der Waals surface area contributed by atoms with Gasteiger partial charge in [0.2, 0.25) is 0 Å². The molecule has 1 aliphatic heterocycles. The van der Waals surface area contributed by atoms with Crippen LogP contribution >= 0.6 is 0 Å². The summed E-state index contributed by atoms with van der Waals surface area (Å²) in [6.45, 7) is 11.8. The summed E-state index contributed by atoms with van der Waals surface area (Å²) in [6, 6.07) is 14.8. The van der Waals surface area contributed by atoms with E-state index in [0.717, 1.165) is 35.6 Å². The second-order valence-corrected chi connectivity index (χ2v) is 8.92. The largest absolute Gasteiger partial charge is 0.573 e. The van der Waals surface area contributed by atoms with E-state index in [1.807, 2.05) is 52.8 Å². The van der Waals surface area contributed by atoms with Gasteiger partial charge in [0.05, 0.1) is 12.2 Å². The quantitative estimate of drug-likeness (QED) is 0.394. The van der Waals surface area contributed by atoms with E-state index in [4.69, 9.17) is 4.74 Å². The Bertz CT molecular complexity index is 1190. The number of rotatable bonds is 6. The number of carbonyl (C=O) groups excluding carboxylic acids is 1. The molecule has 0 radical (unpaired) electrons. The van der Waals surface area contributed by atoms with Crippen LogP contribution in [0, 0.1) is 6.92 Å². The minimum atomic E-state index is -4.75. The summed E-state index contributed by atoms with van der Waals surface area (Å²) in [7, 11) is 0. The molecule has 4 rings (SSSR count). The van der Waals surface area contributed by atoms with Crippen LogP contribution in [0.25, 0.3) is 11.1 Å². The number of aromatic nitrogens is 1. The lowest BCUT2D eigenvalue weighted by Gasteiger charge is -2.36. The fourth-order valence-electron chi connectivity index (χ4n) is 4.38. The number of pyridine rings is 1. The van der Waals surface area contributed by atoms with Crippen molar-refractivity contribution >= 4 is 11.7 Å². The number of benzene rings is 2. The van der Waals surface area contributed by atoms with E-state index in [1.165, 1.54) is 24.3 Å². The fourth-order valence-corrected chi connectivity index (χ4v) is 4.38. The summed E-state index contributed by atoms with van der Waals surface area (Å²) >= 11 is 0. The van der Waals surface area contributed by atoms with E-state index in [0.29, 0.717) is 17.7 Å². The highest BCUT2D eigenvalue weighted by Gasteiger charge is 2.31. The molecular weight excluding hydrogens is 495 g/mol. The molecule has 1 fully saturated rings. The van der Waals surface area contributed by atoms with E-state index in [1.54, 1.807) is 18.3 Å². The highest BCUT2D eigenvalue weighted by molar-refractivity contribution is 5.97. The van der Waals surface area contributed by atoms with Crippen LogP contribution in [0.15, 0.2) is 60.8 Å². The lowest BCUT2D eigenvalue weighted by molar-refractivity contribution is -0.274. The Morgan fingerprint density at radius 3 is 2.29 bits per heavy atom. The SMILES string of the molecule is CC.Cc1c(C(=O)NCc2ccc(N3CC(C)OC(C)C3)nc2)cccc1-c1ccc(OC(F)(F)F)cc1. The minimum absolute atomic E-state index is 0.139. The Hall–Kier alpha value is -3.59. The molecule has 6 nitrogen and oxygen atoms in total. The third kappa shape index (κ3) is 7.71. The summed E-state index contributed by atoms with van der Waals surface area (Å²) in [5, 5.41) is 2.93. The zero-order valence-electron chi connectivity index (χ0n) is 22.3. The predicted molar refractivity (Wildman–Crippen MR) is 142 cm³/mol. The van der Waals surface area contributed by atoms with Crippen LogP contribution in [0.2, 0.25) is 0 Å². The maximum Gasteiger partial charge on any atom is 0.573 e. The maximum atomic E-state index is 12.9. The summed E-state index contributed by atoms with van der Waals surface area (Å²) in [6.07, 6.45) is -2.71. The van der Waals surface area contributed by atoms with Gasteiger partial charge in [-0.2, -0.15) is 0 Å². The average molecular weight is 530 g/mol. The number of hydrogen-bond donors (Lipinski definition) is 1. The molecule has 0 spiro atoms. The first-order valence-corrected chi connectivity index (χ1v) is 12.7. The molecule has 1 saturated heterocycles. The Balaban J connectivity index is 0.00000195. The number of amides is 1. The van der Waals surface area contributed by atoms with Crippen molar-refractivity contribution < 1.29 is 27.4 Å². The summed E-state index contributed by atoms with van der Waals surface area (Å²) < 4.78 is 47.0. The van der Waals surface area contributed by atoms with Crippen LogP contribution < -0.4 is 15.0 Å². The van der Waals surface area contributed by atoms with Gasteiger partial charge in [0, 0.05) is 31.4 Å². The highest BCUT2D eigenvalue weighted by Crippen LogP contribution is 2.29. The molecule has 3 aromatic rings. The van der Waals surface area contributed by atoms with Gasteiger partial charge in [-0.3, -0.25) is 4.79 Å². The number of nitrogens with zero attached hydrogens (tertiary/aromatic N) is 2. The molecule has 2 unspecified atom stereocenters. The normalized spacial score (nSPS) is 17.3. The van der Waals surface area contributed by atoms with Crippen molar-refractivity contribution in [2.75, 3.05) is 18.0 Å². The zero-order valence-corrected chi connectivity index (χ0v) is 22.3. The van der Waals surface area contributed by atoms with E-state index in [2.05, 4.69) is 19.9 Å². The first-order chi connectivity index (χ1) is 18.1. The van der Waals surface area contributed by atoms with Gasteiger partial charge in [0.25, 0.3) is 5.91 Å². The molecule has 9 heteroatoms. The van der Waals surface area contributed by atoms with Crippen molar-refractivity contribution in [1.82, 2.24) is 10.3 Å². The first-order valence-electron chi connectivity index (χ1n) is 12.7. The molecule has 2 aromatic carbocycles. The standard InChI is InChI=1S/C27H28F3N3O3.C2H6/c1-17-15-33(16-18(2)35-17)25-12-7-20(13-31-25)14-32-26(34)24-6-4-5-23(19(24)3)21-8-10-22(11-9-21)36-27(28,29)30;1-2/h4-13,17-18H,14-16H2,1-3H3,(H,32,34);1-2H3. The summed E-state index contributed by atoms with van der Waals surface area (Å²) in [4.78, 5) is 19.7. The van der Waals surface area contributed by atoms with Crippen LogP contribution in [-0.2, 0) is 11.3 Å². The van der Waals surface area contributed by atoms with Crippen molar-refractivity contribution in [2.24, 2.45) is 0 Å². The minimum Gasteiger partial charge on any atom is -0.406 e.